The molecule has 3 aromatic rings. The lowest BCUT2D eigenvalue weighted by Crippen LogP contribution is -2.33. The summed E-state index contributed by atoms with van der Waals surface area (Å²) in [5.74, 6) is 1.17. The minimum Gasteiger partial charge on any atom is -0.360 e. The van der Waals surface area contributed by atoms with Crippen LogP contribution < -0.4 is 10.7 Å². The average molecular weight is 445 g/mol. The predicted molar refractivity (Wildman–Crippen MR) is 121 cm³/mol. The number of hydrazone groups is 1. The molecule has 6 nitrogen and oxygen atoms in total. The average Bonchev–Trinajstić information content (AvgIpc) is 3.17. The normalized spacial score (nSPS) is 20.0. The molecule has 2 unspecified atom stereocenters. The van der Waals surface area contributed by atoms with Crippen molar-refractivity contribution in [3.8, 4) is 11.3 Å². The van der Waals surface area contributed by atoms with Crippen LogP contribution >= 0.6 is 15.9 Å². The van der Waals surface area contributed by atoms with E-state index in [0.717, 1.165) is 32.5 Å². The molecule has 5 rings (SSSR count). The highest BCUT2D eigenvalue weighted by atomic mass is 79.9. The van der Waals surface area contributed by atoms with Crippen LogP contribution in [0.4, 0.5) is 5.95 Å². The van der Waals surface area contributed by atoms with Gasteiger partial charge in [-0.05, 0) is 18.2 Å². The van der Waals surface area contributed by atoms with Gasteiger partial charge in [-0.2, -0.15) is 5.10 Å². The first kappa shape index (κ1) is 17.8. The first-order valence-corrected chi connectivity index (χ1v) is 10.1. The molecule has 1 aliphatic heterocycles. The highest BCUT2D eigenvalue weighted by Crippen LogP contribution is 2.29. The van der Waals surface area contributed by atoms with Crippen molar-refractivity contribution < 1.29 is 0 Å². The molecule has 2 atom stereocenters. The number of nitrogens with zero attached hydrogens (tertiary/aromatic N) is 4. The number of aromatic nitrogens is 2. The summed E-state index contributed by atoms with van der Waals surface area (Å²) < 4.78 is 0.986. The number of nitrogens with one attached hydrogen (secondary N) is 2. The molecule has 0 spiro atoms. The molecule has 0 saturated carbocycles. The zero-order valence-electron chi connectivity index (χ0n) is 15.3. The maximum Gasteiger partial charge on any atom is 0.244 e. The van der Waals surface area contributed by atoms with Gasteiger partial charge in [0.05, 0.1) is 29.5 Å². The van der Waals surface area contributed by atoms with E-state index in [9.17, 15) is 0 Å². The number of halogens is 1. The van der Waals surface area contributed by atoms with Gasteiger partial charge in [0.1, 0.15) is 5.84 Å². The van der Waals surface area contributed by atoms with Crippen LogP contribution in [0.15, 0.2) is 87.4 Å². The van der Waals surface area contributed by atoms with Gasteiger partial charge in [0, 0.05) is 15.4 Å². The van der Waals surface area contributed by atoms with Gasteiger partial charge >= 0.3 is 0 Å². The number of fused-ring (bicyclic) bond motifs is 2. The van der Waals surface area contributed by atoms with Crippen molar-refractivity contribution in [3.63, 3.8) is 0 Å². The smallest absolute Gasteiger partial charge is 0.244 e. The van der Waals surface area contributed by atoms with Gasteiger partial charge in [-0.1, -0.05) is 70.6 Å². The first-order chi connectivity index (χ1) is 14.3. The summed E-state index contributed by atoms with van der Waals surface area (Å²) in [4.78, 5) is 13.9. The van der Waals surface area contributed by atoms with Crippen molar-refractivity contribution in [1.82, 2.24) is 15.3 Å². The Labute approximate surface area is 176 Å². The molecule has 0 bridgehead atoms. The fourth-order valence-corrected chi connectivity index (χ4v) is 3.77. The lowest BCUT2D eigenvalue weighted by molar-refractivity contribution is 0.696. The molecule has 2 aromatic carbocycles. The number of amidine groups is 1. The molecule has 0 radical (unpaired) electrons. The van der Waals surface area contributed by atoms with Gasteiger partial charge in [-0.15, -0.1) is 0 Å². The van der Waals surface area contributed by atoms with Crippen LogP contribution in [0.5, 0.6) is 0 Å². The fraction of sp³-hybridized carbons (Fsp3) is 0.0909. The molecule has 7 heteroatoms. The van der Waals surface area contributed by atoms with Gasteiger partial charge in [-0.3, -0.25) is 4.99 Å². The molecule has 1 aliphatic carbocycles. The minimum atomic E-state index is 0.126. The summed E-state index contributed by atoms with van der Waals surface area (Å²) in [6.07, 6.45) is 9.87. The van der Waals surface area contributed by atoms with Gasteiger partial charge in [-0.25, -0.2) is 15.4 Å². The molecule has 1 aromatic heterocycles. The minimum absolute atomic E-state index is 0.126. The first-order valence-electron chi connectivity index (χ1n) is 9.27. The van der Waals surface area contributed by atoms with E-state index >= 15 is 0 Å². The van der Waals surface area contributed by atoms with Gasteiger partial charge in [0.25, 0.3) is 0 Å². The monoisotopic (exact) mass is 444 g/mol. The van der Waals surface area contributed by atoms with E-state index in [4.69, 9.17) is 4.98 Å². The standard InChI is InChI=1S/C22H17BrN6/c23-15-10-11-17-16(12-15)21(14-6-2-1-3-7-14)28-22(27-17)29-24-13-20-25-18-8-4-5-9-19(18)26-20/h1-13,18-19H,(H,25,26)(H,27,28,29). The highest BCUT2D eigenvalue weighted by molar-refractivity contribution is 9.10. The predicted octanol–water partition coefficient (Wildman–Crippen LogP) is 4.32. The zero-order chi connectivity index (χ0) is 19.6. The second kappa shape index (κ2) is 7.60. The van der Waals surface area contributed by atoms with Crippen LogP contribution in [0.25, 0.3) is 22.2 Å². The van der Waals surface area contributed by atoms with E-state index in [1.54, 1.807) is 6.21 Å². The van der Waals surface area contributed by atoms with Gasteiger partial charge < -0.3 is 5.32 Å². The molecule has 2 heterocycles. The van der Waals surface area contributed by atoms with E-state index in [-0.39, 0.29) is 12.1 Å². The third kappa shape index (κ3) is 3.69. The van der Waals surface area contributed by atoms with Crippen molar-refractivity contribution in [2.75, 3.05) is 5.43 Å². The third-order valence-electron chi connectivity index (χ3n) is 4.76. The van der Waals surface area contributed by atoms with Crippen molar-refractivity contribution >= 4 is 44.8 Å². The lowest BCUT2D eigenvalue weighted by Gasteiger charge is -2.12. The van der Waals surface area contributed by atoms with Crippen LogP contribution in [-0.4, -0.2) is 34.1 Å². The Morgan fingerprint density at radius 2 is 1.90 bits per heavy atom. The van der Waals surface area contributed by atoms with E-state index in [1.165, 1.54) is 0 Å². The quantitative estimate of drug-likeness (QED) is 0.464. The molecule has 29 heavy (non-hydrogen) atoms. The number of allylic oxidation sites excluding steroid dienone is 2. The summed E-state index contributed by atoms with van der Waals surface area (Å²) in [5.41, 5.74) is 5.67. The summed E-state index contributed by atoms with van der Waals surface area (Å²) in [6, 6.07) is 16.4. The third-order valence-corrected chi connectivity index (χ3v) is 5.26. The number of hydrogen-bond acceptors (Lipinski definition) is 6. The Balaban J connectivity index is 1.44. The Bertz CT molecular complexity index is 1180. The molecule has 0 fully saturated rings. The van der Waals surface area contributed by atoms with Gasteiger partial charge in [0.2, 0.25) is 5.95 Å². The SMILES string of the molecule is Brc1ccc2nc(NN=CC3=NC4C=CC=CC4N3)nc(-c3ccccc3)c2c1. The number of aliphatic imine (C=N–C) groups is 1. The second-order valence-electron chi connectivity index (χ2n) is 6.74. The number of hydrogen-bond donors (Lipinski definition) is 2. The molecule has 142 valence electrons. The van der Waals surface area contributed by atoms with Gasteiger partial charge in [0.15, 0.2) is 0 Å². The Hall–Kier alpha value is -3.32. The van der Waals surface area contributed by atoms with Crippen LogP contribution in [0.2, 0.25) is 0 Å². The Morgan fingerprint density at radius 3 is 2.76 bits per heavy atom. The molecular weight excluding hydrogens is 428 g/mol. The maximum absolute atomic E-state index is 4.71. The summed E-state index contributed by atoms with van der Waals surface area (Å²) in [5, 5.41) is 8.60. The molecular formula is C22H17BrN6. The van der Waals surface area contributed by atoms with Crippen molar-refractivity contribution in [1.29, 1.82) is 0 Å². The Morgan fingerprint density at radius 1 is 1.03 bits per heavy atom. The van der Waals surface area contributed by atoms with Crippen molar-refractivity contribution in [2.45, 2.75) is 12.1 Å². The second-order valence-corrected chi connectivity index (χ2v) is 7.65. The number of rotatable bonds is 4. The summed E-state index contributed by atoms with van der Waals surface area (Å²) in [7, 11) is 0. The number of anilines is 1. The van der Waals surface area contributed by atoms with Crippen LogP contribution in [0.1, 0.15) is 0 Å². The van der Waals surface area contributed by atoms with E-state index in [0.29, 0.717) is 5.95 Å². The molecule has 0 saturated heterocycles. The van der Waals surface area contributed by atoms with E-state index in [2.05, 4.69) is 53.9 Å². The van der Waals surface area contributed by atoms with Crippen LogP contribution in [-0.2, 0) is 0 Å². The molecule has 2 aliphatic rings. The van der Waals surface area contributed by atoms with Crippen molar-refractivity contribution in [3.05, 3.63) is 77.3 Å². The summed E-state index contributed by atoms with van der Waals surface area (Å²) in [6.45, 7) is 0. The largest absolute Gasteiger partial charge is 0.360 e. The van der Waals surface area contributed by atoms with E-state index in [1.807, 2.05) is 60.7 Å². The van der Waals surface area contributed by atoms with Crippen LogP contribution in [0, 0.1) is 0 Å². The van der Waals surface area contributed by atoms with Crippen molar-refractivity contribution in [2.24, 2.45) is 10.1 Å². The Kier molecular flexibility index (Phi) is 4.65. The fourth-order valence-electron chi connectivity index (χ4n) is 3.41. The maximum atomic E-state index is 4.71. The molecule has 0 amide bonds. The summed E-state index contributed by atoms with van der Waals surface area (Å²) >= 11 is 3.54. The number of benzene rings is 2. The topological polar surface area (TPSA) is 74.6 Å². The van der Waals surface area contributed by atoms with Crippen LogP contribution in [0.3, 0.4) is 0 Å². The zero-order valence-corrected chi connectivity index (χ0v) is 16.9. The lowest BCUT2D eigenvalue weighted by atomic mass is 10.1. The van der Waals surface area contributed by atoms with E-state index < -0.39 is 0 Å². The highest BCUT2D eigenvalue weighted by Gasteiger charge is 2.24. The molecule has 2 N–H and O–H groups in total.